The average molecular weight is 273 g/mol. The lowest BCUT2D eigenvalue weighted by Gasteiger charge is -2.07. The number of carbonyl (C=O) groups is 1. The quantitative estimate of drug-likeness (QED) is 0.822. The van der Waals surface area contributed by atoms with Crippen molar-refractivity contribution < 1.29 is 17.6 Å². The van der Waals surface area contributed by atoms with Crippen LogP contribution in [0.15, 0.2) is 18.2 Å². The van der Waals surface area contributed by atoms with Gasteiger partial charge in [-0.1, -0.05) is 12.1 Å². The number of aryl methyl sites for hydroxylation is 1. The molecule has 0 aliphatic heterocycles. The molecule has 0 spiro atoms. The number of benzene rings is 1. The van der Waals surface area contributed by atoms with Crippen LogP contribution < -0.4 is 5.32 Å². The Kier molecular flexibility index (Phi) is 4.84. The van der Waals surface area contributed by atoms with Crippen LogP contribution in [0.5, 0.6) is 0 Å². The Bertz CT molecular complexity index is 540. The van der Waals surface area contributed by atoms with E-state index in [0.29, 0.717) is 12.0 Å². The van der Waals surface area contributed by atoms with Crippen molar-refractivity contribution in [2.75, 3.05) is 18.6 Å². The van der Waals surface area contributed by atoms with Crippen LogP contribution in [0.25, 0.3) is 0 Å². The van der Waals surface area contributed by atoms with Gasteiger partial charge in [0.05, 0.1) is 11.3 Å². The molecule has 0 bridgehead atoms. The molecule has 0 aliphatic rings. The summed E-state index contributed by atoms with van der Waals surface area (Å²) in [6, 6.07) is 4.58. The fraction of sp³-hybridized carbons (Fsp3) is 0.417. The van der Waals surface area contributed by atoms with Crippen LogP contribution in [0, 0.1) is 12.7 Å². The predicted octanol–water partition coefficient (Wildman–Crippen LogP) is 1.30. The molecule has 0 fully saturated rings. The summed E-state index contributed by atoms with van der Waals surface area (Å²) in [6.45, 7) is 1.79. The zero-order valence-corrected chi connectivity index (χ0v) is 11.2. The van der Waals surface area contributed by atoms with E-state index in [9.17, 15) is 17.6 Å². The smallest absolute Gasteiger partial charge is 0.254 e. The van der Waals surface area contributed by atoms with Gasteiger partial charge in [0, 0.05) is 12.8 Å². The molecule has 6 heteroatoms. The summed E-state index contributed by atoms with van der Waals surface area (Å²) >= 11 is 0. The first-order valence-corrected chi connectivity index (χ1v) is 7.58. The monoisotopic (exact) mass is 273 g/mol. The number of nitrogens with one attached hydrogen (secondary N) is 1. The molecule has 0 saturated heterocycles. The van der Waals surface area contributed by atoms with E-state index in [2.05, 4.69) is 5.32 Å². The Hall–Kier alpha value is -1.43. The van der Waals surface area contributed by atoms with Crippen molar-refractivity contribution in [2.45, 2.75) is 13.3 Å². The largest absolute Gasteiger partial charge is 0.352 e. The molecule has 0 aromatic heterocycles. The van der Waals surface area contributed by atoms with E-state index in [4.69, 9.17) is 0 Å². The van der Waals surface area contributed by atoms with Gasteiger partial charge < -0.3 is 5.32 Å². The van der Waals surface area contributed by atoms with Crippen molar-refractivity contribution in [1.82, 2.24) is 5.32 Å². The third kappa shape index (κ3) is 4.44. The molecule has 1 aromatic rings. The summed E-state index contributed by atoms with van der Waals surface area (Å²) in [5.41, 5.74) is 0.383. The molecule has 0 heterocycles. The van der Waals surface area contributed by atoms with Crippen molar-refractivity contribution in [3.63, 3.8) is 0 Å². The summed E-state index contributed by atoms with van der Waals surface area (Å²) in [5.74, 6) is -1.06. The number of halogens is 1. The van der Waals surface area contributed by atoms with Crippen LogP contribution in [0.3, 0.4) is 0 Å². The molecule has 1 amide bonds. The lowest BCUT2D eigenvalue weighted by atomic mass is 10.1. The van der Waals surface area contributed by atoms with Crippen LogP contribution >= 0.6 is 0 Å². The highest BCUT2D eigenvalue weighted by molar-refractivity contribution is 7.90. The highest BCUT2D eigenvalue weighted by Crippen LogP contribution is 2.11. The maximum atomic E-state index is 13.6. The zero-order valence-electron chi connectivity index (χ0n) is 10.4. The minimum atomic E-state index is -3.03. The molecule has 100 valence electrons. The third-order valence-corrected chi connectivity index (χ3v) is 3.44. The fourth-order valence-corrected chi connectivity index (χ4v) is 2.12. The minimum Gasteiger partial charge on any atom is -0.352 e. The second-order valence-corrected chi connectivity index (χ2v) is 6.44. The van der Waals surface area contributed by atoms with Crippen LogP contribution in [0.1, 0.15) is 22.3 Å². The molecule has 0 radical (unpaired) electrons. The Balaban J connectivity index is 2.54. The lowest BCUT2D eigenvalue weighted by Crippen LogP contribution is -2.26. The molecule has 18 heavy (non-hydrogen) atoms. The van der Waals surface area contributed by atoms with Gasteiger partial charge in [-0.2, -0.15) is 0 Å². The molecular formula is C12H16FNO3S. The van der Waals surface area contributed by atoms with Gasteiger partial charge in [-0.25, -0.2) is 12.8 Å². The van der Waals surface area contributed by atoms with Gasteiger partial charge in [0.2, 0.25) is 0 Å². The van der Waals surface area contributed by atoms with Crippen LogP contribution in [-0.4, -0.2) is 32.9 Å². The van der Waals surface area contributed by atoms with Gasteiger partial charge in [-0.3, -0.25) is 4.79 Å². The molecule has 0 unspecified atom stereocenters. The molecule has 1 aromatic carbocycles. The van der Waals surface area contributed by atoms with Crippen molar-refractivity contribution in [3.05, 3.63) is 35.1 Å². The molecule has 1 rings (SSSR count). The number of hydrogen-bond donors (Lipinski definition) is 1. The van der Waals surface area contributed by atoms with E-state index >= 15 is 0 Å². The maximum absolute atomic E-state index is 13.6. The average Bonchev–Trinajstić information content (AvgIpc) is 2.26. The van der Waals surface area contributed by atoms with Crippen LogP contribution in [0.2, 0.25) is 0 Å². The number of rotatable bonds is 5. The lowest BCUT2D eigenvalue weighted by molar-refractivity contribution is 0.0949. The predicted molar refractivity (Wildman–Crippen MR) is 67.8 cm³/mol. The van der Waals surface area contributed by atoms with E-state index in [0.717, 1.165) is 6.26 Å². The van der Waals surface area contributed by atoms with Crippen molar-refractivity contribution >= 4 is 15.7 Å². The Morgan fingerprint density at radius 1 is 1.39 bits per heavy atom. The number of sulfone groups is 1. The fourth-order valence-electron chi connectivity index (χ4n) is 1.45. The first-order chi connectivity index (χ1) is 8.31. The number of carbonyl (C=O) groups excluding carboxylic acids is 1. The zero-order chi connectivity index (χ0) is 13.8. The third-order valence-electron chi connectivity index (χ3n) is 2.41. The summed E-state index contributed by atoms with van der Waals surface area (Å²) in [6.07, 6.45) is 1.45. The molecule has 4 nitrogen and oxygen atoms in total. The summed E-state index contributed by atoms with van der Waals surface area (Å²) in [5, 5.41) is 2.50. The summed E-state index contributed by atoms with van der Waals surface area (Å²) < 4.78 is 35.3. The van der Waals surface area contributed by atoms with E-state index in [-0.39, 0.29) is 17.9 Å². The number of hydrogen-bond acceptors (Lipinski definition) is 3. The van der Waals surface area contributed by atoms with Gasteiger partial charge >= 0.3 is 0 Å². The summed E-state index contributed by atoms with van der Waals surface area (Å²) in [7, 11) is -3.03. The highest BCUT2D eigenvalue weighted by atomic mass is 32.2. The maximum Gasteiger partial charge on any atom is 0.254 e. The molecule has 0 saturated carbocycles. The van der Waals surface area contributed by atoms with Crippen LogP contribution in [-0.2, 0) is 9.84 Å². The first kappa shape index (κ1) is 14.6. The molecule has 1 N–H and O–H groups in total. The van der Waals surface area contributed by atoms with Gasteiger partial charge in [0.15, 0.2) is 0 Å². The molecule has 0 aliphatic carbocycles. The SMILES string of the molecule is Cc1cccc(C(=O)NCCCS(C)(=O)=O)c1F. The Morgan fingerprint density at radius 2 is 2.06 bits per heavy atom. The van der Waals surface area contributed by atoms with Gasteiger partial charge in [0.25, 0.3) is 5.91 Å². The summed E-state index contributed by atoms with van der Waals surface area (Å²) in [4.78, 5) is 11.6. The second-order valence-electron chi connectivity index (χ2n) is 4.18. The van der Waals surface area contributed by atoms with Crippen LogP contribution in [0.4, 0.5) is 4.39 Å². The van der Waals surface area contributed by atoms with Crippen molar-refractivity contribution in [1.29, 1.82) is 0 Å². The van der Waals surface area contributed by atoms with Gasteiger partial charge in [0.1, 0.15) is 15.7 Å². The molecule has 0 atom stereocenters. The minimum absolute atomic E-state index is 0.00355. The molecular weight excluding hydrogens is 257 g/mol. The highest BCUT2D eigenvalue weighted by Gasteiger charge is 2.12. The van der Waals surface area contributed by atoms with Crippen molar-refractivity contribution in [2.24, 2.45) is 0 Å². The Morgan fingerprint density at radius 3 is 2.67 bits per heavy atom. The second kappa shape index (κ2) is 5.95. The van der Waals surface area contributed by atoms with E-state index in [1.54, 1.807) is 19.1 Å². The first-order valence-electron chi connectivity index (χ1n) is 5.52. The van der Waals surface area contributed by atoms with E-state index in [1.165, 1.54) is 6.07 Å². The van der Waals surface area contributed by atoms with Crippen molar-refractivity contribution in [3.8, 4) is 0 Å². The number of amides is 1. The normalized spacial score (nSPS) is 11.3. The van der Waals surface area contributed by atoms with E-state index < -0.39 is 21.6 Å². The van der Waals surface area contributed by atoms with Gasteiger partial charge in [-0.15, -0.1) is 0 Å². The van der Waals surface area contributed by atoms with E-state index in [1.807, 2.05) is 0 Å². The topological polar surface area (TPSA) is 63.2 Å². The Labute approximate surface area is 106 Å². The van der Waals surface area contributed by atoms with Gasteiger partial charge in [-0.05, 0) is 25.0 Å². The standard InChI is InChI=1S/C12H16FNO3S/c1-9-5-3-6-10(11(9)13)12(15)14-7-4-8-18(2,16)17/h3,5-6H,4,7-8H2,1-2H3,(H,14,15).